The summed E-state index contributed by atoms with van der Waals surface area (Å²) >= 11 is 7.74. The highest BCUT2D eigenvalue weighted by molar-refractivity contribution is 7.18. The molecule has 3 aromatic rings. The van der Waals surface area contributed by atoms with Crippen molar-refractivity contribution in [3.8, 4) is 5.75 Å². The minimum atomic E-state index is -0.0262. The zero-order valence-corrected chi connectivity index (χ0v) is 15.1. The van der Waals surface area contributed by atoms with Gasteiger partial charge in [-0.25, -0.2) is 4.98 Å². The number of hydrogen-bond donors (Lipinski definition) is 0. The van der Waals surface area contributed by atoms with Crippen LogP contribution in [0, 0.1) is 0 Å². The van der Waals surface area contributed by atoms with Crippen molar-refractivity contribution in [3.05, 3.63) is 58.6 Å². The molecule has 6 heteroatoms. The van der Waals surface area contributed by atoms with Crippen LogP contribution in [0.25, 0.3) is 10.2 Å². The van der Waals surface area contributed by atoms with Crippen LogP contribution in [0.4, 0.5) is 0 Å². The van der Waals surface area contributed by atoms with Gasteiger partial charge in [0.05, 0.1) is 21.3 Å². The monoisotopic (exact) mass is 372 g/mol. The minimum absolute atomic E-state index is 0.00880. The molecule has 1 fully saturated rings. The SMILES string of the molecule is O=C(COc1ccccc1Cl)N1CCC[C@@H]1c1nc2ccccc2s1. The molecule has 0 spiro atoms. The van der Waals surface area contributed by atoms with E-state index in [0.717, 1.165) is 34.6 Å². The van der Waals surface area contributed by atoms with Crippen LogP contribution in [0.3, 0.4) is 0 Å². The molecule has 25 heavy (non-hydrogen) atoms. The van der Waals surface area contributed by atoms with Gasteiger partial charge < -0.3 is 9.64 Å². The van der Waals surface area contributed by atoms with E-state index in [0.29, 0.717) is 10.8 Å². The Morgan fingerprint density at radius 2 is 2.04 bits per heavy atom. The zero-order chi connectivity index (χ0) is 17.2. The summed E-state index contributed by atoms with van der Waals surface area (Å²) in [6.07, 6.45) is 1.93. The standard InChI is InChI=1S/C19H17ClN2O2S/c20-13-6-1-3-9-16(13)24-12-18(23)22-11-5-8-15(22)19-21-14-7-2-4-10-17(14)25-19/h1-4,6-7,9-10,15H,5,8,11-12H2/t15-/m1/s1. The predicted octanol–water partition coefficient (Wildman–Crippen LogP) is 4.69. The van der Waals surface area contributed by atoms with Gasteiger partial charge in [0.1, 0.15) is 10.8 Å². The number of carbonyl (C=O) groups is 1. The van der Waals surface area contributed by atoms with E-state index in [1.165, 1.54) is 0 Å². The van der Waals surface area contributed by atoms with Crippen LogP contribution in [0.1, 0.15) is 23.9 Å². The number of para-hydroxylation sites is 2. The topological polar surface area (TPSA) is 42.4 Å². The third kappa shape index (κ3) is 3.34. The summed E-state index contributed by atoms with van der Waals surface area (Å²) in [6, 6.07) is 15.3. The summed E-state index contributed by atoms with van der Waals surface area (Å²) < 4.78 is 6.77. The second kappa shape index (κ2) is 7.02. The quantitative estimate of drug-likeness (QED) is 0.667. The molecule has 1 aliphatic rings. The number of likely N-dealkylation sites (tertiary alicyclic amines) is 1. The molecule has 0 unspecified atom stereocenters. The van der Waals surface area contributed by atoms with Crippen molar-refractivity contribution in [3.63, 3.8) is 0 Å². The molecule has 0 aliphatic carbocycles. The molecule has 1 aliphatic heterocycles. The van der Waals surface area contributed by atoms with Gasteiger partial charge in [0.25, 0.3) is 5.91 Å². The van der Waals surface area contributed by atoms with Crippen molar-refractivity contribution in [2.45, 2.75) is 18.9 Å². The molecule has 128 valence electrons. The number of benzene rings is 2. The summed E-state index contributed by atoms with van der Waals surface area (Å²) in [5.41, 5.74) is 0.995. The lowest BCUT2D eigenvalue weighted by atomic mass is 10.2. The van der Waals surface area contributed by atoms with Gasteiger partial charge in [-0.1, -0.05) is 35.9 Å². The molecule has 2 heterocycles. The second-order valence-corrected chi connectivity index (χ2v) is 7.45. The Morgan fingerprint density at radius 3 is 2.88 bits per heavy atom. The number of carbonyl (C=O) groups excluding carboxylic acids is 1. The summed E-state index contributed by atoms with van der Waals surface area (Å²) in [6.45, 7) is 0.733. The van der Waals surface area contributed by atoms with Gasteiger partial charge in [0.15, 0.2) is 6.61 Å². The van der Waals surface area contributed by atoms with E-state index in [2.05, 4.69) is 6.07 Å². The number of rotatable bonds is 4. The van der Waals surface area contributed by atoms with Crippen LogP contribution in [-0.4, -0.2) is 28.9 Å². The molecule has 1 saturated heterocycles. The van der Waals surface area contributed by atoms with Crippen molar-refractivity contribution >= 4 is 39.1 Å². The third-order valence-corrected chi connectivity index (χ3v) is 5.81. The molecule has 0 saturated carbocycles. The Hall–Kier alpha value is -2.11. The fourth-order valence-corrected chi connectivity index (χ4v) is 4.44. The van der Waals surface area contributed by atoms with E-state index in [9.17, 15) is 4.79 Å². The average Bonchev–Trinajstić information content (AvgIpc) is 3.27. The minimum Gasteiger partial charge on any atom is -0.482 e. The Kier molecular flexibility index (Phi) is 4.59. The Balaban J connectivity index is 1.49. The smallest absolute Gasteiger partial charge is 0.261 e. The largest absolute Gasteiger partial charge is 0.482 e. The maximum atomic E-state index is 12.7. The number of nitrogens with zero attached hydrogens (tertiary/aromatic N) is 2. The molecule has 4 rings (SSSR count). The molecule has 1 amide bonds. The van der Waals surface area contributed by atoms with E-state index in [1.807, 2.05) is 35.2 Å². The average molecular weight is 373 g/mol. The number of amides is 1. The van der Waals surface area contributed by atoms with Crippen molar-refractivity contribution in [1.29, 1.82) is 0 Å². The lowest BCUT2D eigenvalue weighted by molar-refractivity contribution is -0.134. The highest BCUT2D eigenvalue weighted by atomic mass is 35.5. The van der Waals surface area contributed by atoms with Crippen LogP contribution in [0.2, 0.25) is 5.02 Å². The normalized spacial score (nSPS) is 17.2. The van der Waals surface area contributed by atoms with E-state index in [-0.39, 0.29) is 18.6 Å². The van der Waals surface area contributed by atoms with Gasteiger partial charge in [-0.3, -0.25) is 4.79 Å². The van der Waals surface area contributed by atoms with Gasteiger partial charge in [-0.15, -0.1) is 11.3 Å². The lowest BCUT2D eigenvalue weighted by Gasteiger charge is -2.23. The van der Waals surface area contributed by atoms with Crippen LogP contribution in [-0.2, 0) is 4.79 Å². The van der Waals surface area contributed by atoms with Crippen molar-refractivity contribution in [1.82, 2.24) is 9.88 Å². The molecule has 1 atom stereocenters. The maximum Gasteiger partial charge on any atom is 0.261 e. The molecule has 4 nitrogen and oxygen atoms in total. The molecule has 0 bridgehead atoms. The van der Waals surface area contributed by atoms with Crippen LogP contribution in [0.5, 0.6) is 5.75 Å². The van der Waals surface area contributed by atoms with Crippen molar-refractivity contribution < 1.29 is 9.53 Å². The molecular formula is C19H17ClN2O2S. The van der Waals surface area contributed by atoms with E-state index >= 15 is 0 Å². The molecular weight excluding hydrogens is 356 g/mol. The number of hydrogen-bond acceptors (Lipinski definition) is 4. The number of ether oxygens (including phenoxy) is 1. The van der Waals surface area contributed by atoms with Crippen LogP contribution < -0.4 is 4.74 Å². The van der Waals surface area contributed by atoms with Gasteiger partial charge in [-0.2, -0.15) is 0 Å². The first kappa shape index (κ1) is 16.4. The first-order valence-corrected chi connectivity index (χ1v) is 9.44. The fourth-order valence-electron chi connectivity index (χ4n) is 3.14. The second-order valence-electron chi connectivity index (χ2n) is 5.98. The summed E-state index contributed by atoms with van der Waals surface area (Å²) in [4.78, 5) is 19.3. The van der Waals surface area contributed by atoms with E-state index < -0.39 is 0 Å². The number of fused-ring (bicyclic) bond motifs is 1. The summed E-state index contributed by atoms with van der Waals surface area (Å²) in [5, 5.41) is 1.52. The molecule has 1 aromatic heterocycles. The predicted molar refractivity (Wildman–Crippen MR) is 100 cm³/mol. The zero-order valence-electron chi connectivity index (χ0n) is 13.5. The Labute approximate surface area is 155 Å². The maximum absolute atomic E-state index is 12.7. The molecule has 2 aromatic carbocycles. The van der Waals surface area contributed by atoms with Gasteiger partial charge in [0, 0.05) is 6.54 Å². The Morgan fingerprint density at radius 1 is 1.24 bits per heavy atom. The number of halogens is 1. The lowest BCUT2D eigenvalue weighted by Crippen LogP contribution is -2.34. The molecule has 0 N–H and O–H groups in total. The van der Waals surface area contributed by atoms with Gasteiger partial charge in [0.2, 0.25) is 0 Å². The number of aromatic nitrogens is 1. The van der Waals surface area contributed by atoms with Crippen LogP contribution >= 0.6 is 22.9 Å². The first-order valence-electron chi connectivity index (χ1n) is 8.24. The van der Waals surface area contributed by atoms with Crippen LogP contribution in [0.15, 0.2) is 48.5 Å². The number of thiazole rings is 1. The summed E-state index contributed by atoms with van der Waals surface area (Å²) in [7, 11) is 0. The van der Waals surface area contributed by atoms with Gasteiger partial charge >= 0.3 is 0 Å². The first-order chi connectivity index (χ1) is 12.2. The van der Waals surface area contributed by atoms with Gasteiger partial charge in [-0.05, 0) is 37.1 Å². The van der Waals surface area contributed by atoms with E-state index in [4.69, 9.17) is 21.3 Å². The van der Waals surface area contributed by atoms with Crippen molar-refractivity contribution in [2.75, 3.05) is 13.2 Å². The Bertz CT molecular complexity index is 878. The highest BCUT2D eigenvalue weighted by Crippen LogP contribution is 2.36. The van der Waals surface area contributed by atoms with Crippen molar-refractivity contribution in [2.24, 2.45) is 0 Å². The summed E-state index contributed by atoms with van der Waals surface area (Å²) in [5.74, 6) is 0.509. The molecule has 0 radical (unpaired) electrons. The van der Waals surface area contributed by atoms with E-state index in [1.54, 1.807) is 23.5 Å². The highest BCUT2D eigenvalue weighted by Gasteiger charge is 2.32. The third-order valence-electron chi connectivity index (χ3n) is 4.36. The fraction of sp³-hybridized carbons (Fsp3) is 0.263.